The van der Waals surface area contributed by atoms with Gasteiger partial charge in [0.25, 0.3) is 0 Å². The molecule has 0 bridgehead atoms. The second-order valence-corrected chi connectivity index (χ2v) is 6.98. The molecule has 4 nitrogen and oxygen atoms in total. The van der Waals surface area contributed by atoms with Crippen LogP contribution in [0.2, 0.25) is 0 Å². The lowest BCUT2D eigenvalue weighted by Gasteiger charge is -2.00. The van der Waals surface area contributed by atoms with Crippen LogP contribution in [0.25, 0.3) is 10.2 Å². The molecule has 16 heavy (non-hydrogen) atoms. The largest absolute Gasteiger partial charge is 0.382 e. The Bertz CT molecular complexity index is 561. The summed E-state index contributed by atoms with van der Waals surface area (Å²) in [6, 6.07) is 0. The third-order valence-corrected chi connectivity index (χ3v) is 5.16. The van der Waals surface area contributed by atoms with E-state index in [2.05, 4.69) is 32.6 Å². The summed E-state index contributed by atoms with van der Waals surface area (Å²) < 4.78 is 2.25. The molecule has 0 spiro atoms. The zero-order valence-electron chi connectivity index (χ0n) is 8.53. The highest BCUT2D eigenvalue weighted by Crippen LogP contribution is 2.40. The van der Waals surface area contributed by atoms with Crippen molar-refractivity contribution in [3.05, 3.63) is 8.45 Å². The number of nitrogen functional groups attached to an aromatic ring is 2. The average Bonchev–Trinajstić information content (AvgIpc) is 2.96. The van der Waals surface area contributed by atoms with Crippen molar-refractivity contribution in [3.63, 3.8) is 0 Å². The number of nitrogens with zero attached hydrogens (tertiary/aromatic N) is 2. The molecule has 1 saturated carbocycles. The summed E-state index contributed by atoms with van der Waals surface area (Å²) >= 11 is 4.02. The molecule has 0 aliphatic heterocycles. The van der Waals surface area contributed by atoms with Crippen LogP contribution in [0.15, 0.2) is 0 Å². The van der Waals surface area contributed by atoms with E-state index in [4.69, 9.17) is 11.5 Å². The Kier molecular flexibility index (Phi) is 2.43. The van der Waals surface area contributed by atoms with E-state index in [9.17, 15) is 0 Å². The van der Waals surface area contributed by atoms with Crippen LogP contribution in [0.4, 0.5) is 11.8 Å². The van der Waals surface area contributed by atoms with Crippen LogP contribution in [-0.2, 0) is 6.42 Å². The molecule has 84 valence electrons. The summed E-state index contributed by atoms with van der Waals surface area (Å²) in [5.41, 5.74) is 13.8. The molecular formula is C10H11IN4S. The van der Waals surface area contributed by atoms with Gasteiger partial charge in [0.15, 0.2) is 0 Å². The molecule has 1 fully saturated rings. The lowest BCUT2D eigenvalue weighted by molar-refractivity contribution is 0.836. The minimum absolute atomic E-state index is 0.274. The maximum Gasteiger partial charge on any atom is 0.222 e. The SMILES string of the molecule is Nc1nc(N)c2sc(I)c(CC3CC3)c2n1. The Morgan fingerprint density at radius 2 is 2.06 bits per heavy atom. The first kappa shape index (κ1) is 10.5. The van der Waals surface area contributed by atoms with E-state index >= 15 is 0 Å². The highest BCUT2D eigenvalue weighted by atomic mass is 127. The number of fused-ring (bicyclic) bond motifs is 1. The van der Waals surface area contributed by atoms with Gasteiger partial charge in [-0.15, -0.1) is 11.3 Å². The Morgan fingerprint density at radius 1 is 1.31 bits per heavy atom. The summed E-state index contributed by atoms with van der Waals surface area (Å²) in [7, 11) is 0. The smallest absolute Gasteiger partial charge is 0.222 e. The molecule has 0 aromatic carbocycles. The van der Waals surface area contributed by atoms with Crippen LogP contribution < -0.4 is 11.5 Å². The van der Waals surface area contributed by atoms with Crippen molar-refractivity contribution in [1.82, 2.24) is 9.97 Å². The number of aromatic nitrogens is 2. The van der Waals surface area contributed by atoms with Crippen molar-refractivity contribution in [2.24, 2.45) is 5.92 Å². The van der Waals surface area contributed by atoms with E-state index in [1.165, 1.54) is 21.3 Å². The molecule has 4 N–H and O–H groups in total. The fourth-order valence-electron chi connectivity index (χ4n) is 1.82. The average molecular weight is 346 g/mol. The molecule has 0 unspecified atom stereocenters. The Labute approximate surface area is 111 Å². The summed E-state index contributed by atoms with van der Waals surface area (Å²) in [6.07, 6.45) is 3.78. The van der Waals surface area contributed by atoms with Crippen molar-refractivity contribution in [2.75, 3.05) is 11.5 Å². The fraction of sp³-hybridized carbons (Fsp3) is 0.400. The van der Waals surface area contributed by atoms with Crippen molar-refractivity contribution < 1.29 is 0 Å². The number of thiophene rings is 1. The van der Waals surface area contributed by atoms with Crippen molar-refractivity contribution in [2.45, 2.75) is 19.3 Å². The number of nitrogens with two attached hydrogens (primary N) is 2. The monoisotopic (exact) mass is 346 g/mol. The Balaban J connectivity index is 2.21. The van der Waals surface area contributed by atoms with E-state index in [0.29, 0.717) is 5.82 Å². The second kappa shape index (κ2) is 3.69. The number of anilines is 2. The van der Waals surface area contributed by atoms with E-state index in [1.54, 1.807) is 11.3 Å². The molecule has 2 heterocycles. The highest BCUT2D eigenvalue weighted by molar-refractivity contribution is 14.1. The zero-order valence-corrected chi connectivity index (χ0v) is 11.5. The number of hydrogen-bond acceptors (Lipinski definition) is 5. The molecule has 1 aliphatic carbocycles. The first-order chi connectivity index (χ1) is 7.65. The maximum atomic E-state index is 5.86. The van der Waals surface area contributed by atoms with Crippen molar-refractivity contribution >= 4 is 55.9 Å². The van der Waals surface area contributed by atoms with E-state index < -0.39 is 0 Å². The van der Waals surface area contributed by atoms with Gasteiger partial charge in [-0.3, -0.25) is 0 Å². The van der Waals surface area contributed by atoms with Gasteiger partial charge in [0, 0.05) is 5.56 Å². The van der Waals surface area contributed by atoms with Crippen LogP contribution in [0.3, 0.4) is 0 Å². The molecule has 0 atom stereocenters. The quantitative estimate of drug-likeness (QED) is 0.819. The third-order valence-electron chi connectivity index (χ3n) is 2.81. The number of hydrogen-bond donors (Lipinski definition) is 2. The highest BCUT2D eigenvalue weighted by Gasteiger charge is 2.25. The lowest BCUT2D eigenvalue weighted by atomic mass is 10.1. The topological polar surface area (TPSA) is 77.8 Å². The molecular weight excluding hydrogens is 335 g/mol. The van der Waals surface area contributed by atoms with Gasteiger partial charge in [-0.05, 0) is 47.8 Å². The van der Waals surface area contributed by atoms with Gasteiger partial charge in [0.1, 0.15) is 5.82 Å². The van der Waals surface area contributed by atoms with E-state index in [0.717, 1.165) is 22.6 Å². The first-order valence-corrected chi connectivity index (χ1v) is 7.04. The molecule has 6 heteroatoms. The maximum absolute atomic E-state index is 5.86. The molecule has 0 radical (unpaired) electrons. The molecule has 0 amide bonds. The number of rotatable bonds is 2. The van der Waals surface area contributed by atoms with Crippen LogP contribution in [0.1, 0.15) is 18.4 Å². The predicted octanol–water partition coefficient (Wildman–Crippen LogP) is 2.41. The van der Waals surface area contributed by atoms with Crippen molar-refractivity contribution in [3.8, 4) is 0 Å². The summed E-state index contributed by atoms with van der Waals surface area (Å²) in [5.74, 6) is 1.62. The van der Waals surface area contributed by atoms with Crippen LogP contribution in [-0.4, -0.2) is 9.97 Å². The summed E-state index contributed by atoms with van der Waals surface area (Å²) in [6.45, 7) is 0. The minimum atomic E-state index is 0.274. The fourth-order valence-corrected chi connectivity index (χ4v) is 3.86. The third kappa shape index (κ3) is 1.73. The van der Waals surface area contributed by atoms with Gasteiger partial charge >= 0.3 is 0 Å². The first-order valence-electron chi connectivity index (χ1n) is 5.15. The standard InChI is InChI=1S/C10H11IN4S/c11-8-5(3-4-1-2-4)6-7(16-8)9(12)15-10(13)14-6/h4H,1-3H2,(H4,12,13,14,15). The van der Waals surface area contributed by atoms with Gasteiger partial charge in [0.2, 0.25) is 5.95 Å². The van der Waals surface area contributed by atoms with Gasteiger partial charge < -0.3 is 11.5 Å². The molecule has 3 rings (SSSR count). The van der Waals surface area contributed by atoms with Crippen LogP contribution in [0.5, 0.6) is 0 Å². The molecule has 0 saturated heterocycles. The van der Waals surface area contributed by atoms with Crippen molar-refractivity contribution in [1.29, 1.82) is 0 Å². The zero-order chi connectivity index (χ0) is 11.3. The van der Waals surface area contributed by atoms with Crippen LogP contribution in [0, 0.1) is 8.80 Å². The Hall–Kier alpha value is -0.630. The van der Waals surface area contributed by atoms with Gasteiger partial charge in [-0.2, -0.15) is 4.98 Å². The van der Waals surface area contributed by atoms with E-state index in [1.807, 2.05) is 0 Å². The Morgan fingerprint density at radius 3 is 2.75 bits per heavy atom. The van der Waals surface area contributed by atoms with Gasteiger partial charge in [-0.1, -0.05) is 0 Å². The summed E-state index contributed by atoms with van der Waals surface area (Å²) in [4.78, 5) is 8.33. The normalized spacial score (nSPS) is 15.8. The van der Waals surface area contributed by atoms with Gasteiger partial charge in [0.05, 0.1) is 13.1 Å². The van der Waals surface area contributed by atoms with E-state index in [-0.39, 0.29) is 5.95 Å². The van der Waals surface area contributed by atoms with Crippen LogP contribution >= 0.6 is 33.9 Å². The lowest BCUT2D eigenvalue weighted by Crippen LogP contribution is -2.00. The molecule has 2 aromatic rings. The second-order valence-electron chi connectivity index (χ2n) is 4.15. The van der Waals surface area contributed by atoms with Gasteiger partial charge in [-0.25, -0.2) is 4.98 Å². The summed E-state index contributed by atoms with van der Waals surface area (Å²) in [5, 5.41) is 0. The number of halogens is 1. The minimum Gasteiger partial charge on any atom is -0.382 e. The predicted molar refractivity (Wildman–Crippen MR) is 75.4 cm³/mol. The molecule has 1 aliphatic rings. The molecule has 2 aromatic heterocycles.